The Morgan fingerprint density at radius 3 is 2.47 bits per heavy atom. The van der Waals surface area contributed by atoms with Crippen LogP contribution < -0.4 is 10.6 Å². The van der Waals surface area contributed by atoms with Gasteiger partial charge in [-0.1, -0.05) is 48.5 Å². The number of benzene rings is 2. The molecule has 7 heteroatoms. The predicted molar refractivity (Wildman–Crippen MR) is 151 cm³/mol. The summed E-state index contributed by atoms with van der Waals surface area (Å²) in [6.45, 7) is 4.69. The first-order valence-electron chi connectivity index (χ1n) is 13.2. The van der Waals surface area contributed by atoms with Crippen LogP contribution >= 0.6 is 0 Å². The minimum atomic E-state index is -0.221. The number of rotatable bonds is 8. The van der Waals surface area contributed by atoms with Crippen molar-refractivity contribution in [2.75, 3.05) is 19.0 Å². The highest BCUT2D eigenvalue weighted by Crippen LogP contribution is 2.40. The summed E-state index contributed by atoms with van der Waals surface area (Å²) in [6.07, 6.45) is 4.74. The molecule has 5 rings (SSSR count). The maximum atomic E-state index is 13.5. The van der Waals surface area contributed by atoms with E-state index in [0.717, 1.165) is 54.1 Å². The fraction of sp³-hybridized carbons (Fsp3) is 0.323. The molecule has 2 aromatic heterocycles. The number of urea groups is 1. The van der Waals surface area contributed by atoms with Crippen molar-refractivity contribution in [3.63, 3.8) is 0 Å². The lowest BCUT2D eigenvalue weighted by Crippen LogP contribution is -2.40. The molecule has 3 atom stereocenters. The van der Waals surface area contributed by atoms with Crippen LogP contribution in [0.1, 0.15) is 42.0 Å². The zero-order valence-electron chi connectivity index (χ0n) is 22.2. The van der Waals surface area contributed by atoms with Gasteiger partial charge in [0.05, 0.1) is 11.4 Å². The molecule has 1 fully saturated rings. The summed E-state index contributed by atoms with van der Waals surface area (Å²) in [5.74, 6) is 1.42. The molecule has 2 N–H and O–H groups in total. The molecule has 38 heavy (non-hydrogen) atoms. The van der Waals surface area contributed by atoms with E-state index in [1.807, 2.05) is 67.1 Å². The van der Waals surface area contributed by atoms with Crippen molar-refractivity contribution in [1.82, 2.24) is 20.1 Å². The quantitative estimate of drug-likeness (QED) is 0.293. The van der Waals surface area contributed by atoms with Crippen molar-refractivity contribution in [3.05, 3.63) is 95.8 Å². The van der Waals surface area contributed by atoms with E-state index >= 15 is 0 Å². The van der Waals surface area contributed by atoms with E-state index < -0.39 is 0 Å². The molecule has 1 aliphatic carbocycles. The van der Waals surface area contributed by atoms with Gasteiger partial charge < -0.3 is 10.1 Å². The molecule has 2 amide bonds. The lowest BCUT2D eigenvalue weighted by atomic mass is 9.93. The third-order valence-corrected chi connectivity index (χ3v) is 7.46. The van der Waals surface area contributed by atoms with Gasteiger partial charge in [0.2, 0.25) is 0 Å². The molecule has 0 spiro atoms. The Balaban J connectivity index is 1.42. The molecule has 196 valence electrons. The first kappa shape index (κ1) is 25.7. The van der Waals surface area contributed by atoms with Crippen molar-refractivity contribution >= 4 is 11.8 Å². The fourth-order valence-corrected chi connectivity index (χ4v) is 5.57. The number of amides is 2. The van der Waals surface area contributed by atoms with Crippen LogP contribution in [-0.2, 0) is 4.74 Å². The molecule has 1 unspecified atom stereocenters. The molecule has 0 radical (unpaired) electrons. The Labute approximate surface area is 224 Å². The summed E-state index contributed by atoms with van der Waals surface area (Å²) in [7, 11) is 1.74. The summed E-state index contributed by atoms with van der Waals surface area (Å²) in [5.41, 5.74) is 5.74. The van der Waals surface area contributed by atoms with E-state index in [2.05, 4.69) is 39.9 Å². The lowest BCUT2D eigenvalue weighted by molar-refractivity contribution is 0.177. The molecular weight excluding hydrogens is 474 g/mol. The standard InChI is InChI=1S/C31H35N5O2/c1-21-18-25(14-16-32-21)29-22(2)30(36(35-29)26-12-8-5-9-13-26)34-31(37)33-28-20-23(15-17-38-3)19-27(28)24-10-6-4-7-11-24/h4-14,16,18,23,27-28H,15,17,19-20H2,1-3H3,(H2,33,34,37)/t23?,27-,28+/m0/s1. The van der Waals surface area contributed by atoms with Gasteiger partial charge in [-0.2, -0.15) is 5.10 Å². The van der Waals surface area contributed by atoms with Gasteiger partial charge in [0, 0.05) is 48.7 Å². The van der Waals surface area contributed by atoms with Crippen LogP contribution in [-0.4, -0.2) is 40.6 Å². The third-order valence-electron chi connectivity index (χ3n) is 7.46. The Morgan fingerprint density at radius 2 is 1.76 bits per heavy atom. The SMILES string of the molecule is COCCC1C[C@@H](NC(=O)Nc2c(C)c(-c3ccnc(C)c3)nn2-c2ccccc2)[C@H](c2ccccc2)C1. The lowest BCUT2D eigenvalue weighted by Gasteiger charge is -2.22. The number of nitrogens with zero attached hydrogens (tertiary/aromatic N) is 3. The normalized spacial score (nSPS) is 18.9. The van der Waals surface area contributed by atoms with Crippen molar-refractivity contribution in [2.45, 2.75) is 45.1 Å². The second-order valence-electron chi connectivity index (χ2n) is 10.1. The number of carbonyl (C=O) groups excluding carboxylic acids is 1. The second-order valence-corrected chi connectivity index (χ2v) is 10.1. The number of carbonyl (C=O) groups is 1. The van der Waals surface area contributed by atoms with Gasteiger partial charge in [-0.05, 0) is 68.9 Å². The van der Waals surface area contributed by atoms with E-state index in [4.69, 9.17) is 9.84 Å². The van der Waals surface area contributed by atoms with Crippen molar-refractivity contribution in [3.8, 4) is 16.9 Å². The smallest absolute Gasteiger partial charge is 0.320 e. The summed E-state index contributed by atoms with van der Waals surface area (Å²) >= 11 is 0. The van der Waals surface area contributed by atoms with Crippen LogP contribution in [0, 0.1) is 19.8 Å². The highest BCUT2D eigenvalue weighted by Gasteiger charge is 2.36. The molecule has 1 aliphatic rings. The number of anilines is 1. The Morgan fingerprint density at radius 1 is 1.03 bits per heavy atom. The van der Waals surface area contributed by atoms with Crippen LogP contribution in [0.25, 0.3) is 16.9 Å². The maximum absolute atomic E-state index is 13.5. The molecule has 0 bridgehead atoms. The van der Waals surface area contributed by atoms with Gasteiger partial charge >= 0.3 is 6.03 Å². The Kier molecular flexibility index (Phi) is 7.84. The van der Waals surface area contributed by atoms with Crippen LogP contribution in [0.3, 0.4) is 0 Å². The van der Waals surface area contributed by atoms with Gasteiger partial charge in [-0.25, -0.2) is 9.48 Å². The second kappa shape index (κ2) is 11.6. The van der Waals surface area contributed by atoms with Gasteiger partial charge in [0.15, 0.2) is 0 Å². The Hall–Kier alpha value is -3.97. The largest absolute Gasteiger partial charge is 0.385 e. The van der Waals surface area contributed by atoms with Gasteiger partial charge in [-0.15, -0.1) is 0 Å². The molecule has 4 aromatic rings. The average molecular weight is 510 g/mol. The first-order chi connectivity index (χ1) is 18.5. The first-order valence-corrected chi connectivity index (χ1v) is 13.2. The van der Waals surface area contributed by atoms with Crippen LogP contribution in [0.5, 0.6) is 0 Å². The van der Waals surface area contributed by atoms with E-state index in [1.165, 1.54) is 5.56 Å². The highest BCUT2D eigenvalue weighted by atomic mass is 16.5. The summed E-state index contributed by atoms with van der Waals surface area (Å²) in [4.78, 5) is 17.8. The predicted octanol–water partition coefficient (Wildman–Crippen LogP) is 6.27. The van der Waals surface area contributed by atoms with Gasteiger partial charge in [0.25, 0.3) is 0 Å². The Bertz CT molecular complexity index is 1370. The van der Waals surface area contributed by atoms with Gasteiger partial charge in [0.1, 0.15) is 5.82 Å². The summed E-state index contributed by atoms with van der Waals surface area (Å²) in [6, 6.07) is 24.1. The fourth-order valence-electron chi connectivity index (χ4n) is 5.57. The number of hydrogen-bond donors (Lipinski definition) is 2. The number of aryl methyl sites for hydroxylation is 1. The van der Waals surface area contributed by atoms with E-state index in [0.29, 0.717) is 11.7 Å². The number of aromatic nitrogens is 3. The van der Waals surface area contributed by atoms with Gasteiger partial charge in [-0.3, -0.25) is 10.3 Å². The van der Waals surface area contributed by atoms with E-state index in [-0.39, 0.29) is 18.0 Å². The summed E-state index contributed by atoms with van der Waals surface area (Å²) < 4.78 is 7.15. The zero-order chi connectivity index (χ0) is 26.5. The highest BCUT2D eigenvalue weighted by molar-refractivity contribution is 5.91. The molecule has 2 aromatic carbocycles. The maximum Gasteiger partial charge on any atom is 0.320 e. The number of methoxy groups -OCH3 is 1. The molecule has 7 nitrogen and oxygen atoms in total. The van der Waals surface area contributed by atoms with Crippen molar-refractivity contribution in [2.24, 2.45) is 5.92 Å². The molecule has 2 heterocycles. The number of pyridine rings is 1. The summed E-state index contributed by atoms with van der Waals surface area (Å²) in [5, 5.41) is 11.4. The van der Waals surface area contributed by atoms with Crippen LogP contribution in [0.4, 0.5) is 10.6 Å². The molecule has 0 aliphatic heterocycles. The minimum Gasteiger partial charge on any atom is -0.385 e. The average Bonchev–Trinajstić information content (AvgIpc) is 3.49. The molecule has 1 saturated carbocycles. The number of para-hydroxylation sites is 1. The minimum absolute atomic E-state index is 0.0370. The van der Waals surface area contributed by atoms with Crippen molar-refractivity contribution in [1.29, 1.82) is 0 Å². The van der Waals surface area contributed by atoms with Crippen LogP contribution in [0.2, 0.25) is 0 Å². The van der Waals surface area contributed by atoms with E-state index in [1.54, 1.807) is 13.3 Å². The molecular formula is C31H35N5O2. The topological polar surface area (TPSA) is 81.1 Å². The monoisotopic (exact) mass is 509 g/mol. The number of nitrogens with one attached hydrogen (secondary N) is 2. The third kappa shape index (κ3) is 5.63. The zero-order valence-corrected chi connectivity index (χ0v) is 22.2. The molecule has 0 saturated heterocycles. The van der Waals surface area contributed by atoms with Crippen LogP contribution in [0.15, 0.2) is 79.0 Å². The number of hydrogen-bond acceptors (Lipinski definition) is 4. The number of ether oxygens (including phenoxy) is 1. The van der Waals surface area contributed by atoms with E-state index in [9.17, 15) is 4.79 Å². The van der Waals surface area contributed by atoms with Crippen molar-refractivity contribution < 1.29 is 9.53 Å².